The molecule has 1 aliphatic carbocycles. The quantitative estimate of drug-likeness (QED) is 0.439. The molecule has 2 atom stereocenters. The van der Waals surface area contributed by atoms with Gasteiger partial charge >= 0.3 is 5.97 Å². The molecule has 0 unspecified atom stereocenters. The number of halogens is 1. The maximum Gasteiger partial charge on any atom is 0.326 e. The first-order chi connectivity index (χ1) is 13.8. The van der Waals surface area contributed by atoms with E-state index in [4.69, 9.17) is 4.74 Å². The van der Waals surface area contributed by atoms with Gasteiger partial charge in [0.1, 0.15) is 12.4 Å². The fraction of sp³-hybridized carbons (Fsp3) is 0.450. The molecule has 1 aromatic carbocycles. The number of carbonyl (C=O) groups is 5. The van der Waals surface area contributed by atoms with Gasteiger partial charge in [-0.2, -0.15) is 0 Å². The summed E-state index contributed by atoms with van der Waals surface area (Å²) in [5.74, 6) is -4.43. The van der Waals surface area contributed by atoms with Gasteiger partial charge in [-0.15, -0.1) is 0 Å². The third-order valence-electron chi connectivity index (χ3n) is 5.17. The van der Waals surface area contributed by atoms with E-state index in [0.717, 1.165) is 23.8 Å². The molecule has 0 aromatic heterocycles. The number of anilines is 1. The lowest BCUT2D eigenvalue weighted by molar-refractivity contribution is -0.152. The number of esters is 1. The smallest absolute Gasteiger partial charge is 0.326 e. The maximum absolute atomic E-state index is 14.1. The van der Waals surface area contributed by atoms with Crippen LogP contribution in [0.15, 0.2) is 18.2 Å². The molecule has 0 spiro atoms. The molecule has 1 aliphatic heterocycles. The summed E-state index contributed by atoms with van der Waals surface area (Å²) in [6.07, 6.45) is 3.01. The van der Waals surface area contributed by atoms with Crippen LogP contribution in [-0.4, -0.2) is 47.5 Å². The van der Waals surface area contributed by atoms with E-state index in [2.05, 4.69) is 5.32 Å². The maximum atomic E-state index is 14.1. The number of rotatable bonds is 6. The molecule has 1 N–H and O–H groups in total. The number of ether oxygens (including phenoxy) is 1. The van der Waals surface area contributed by atoms with Crippen LogP contribution >= 0.6 is 0 Å². The first-order valence-corrected chi connectivity index (χ1v) is 9.39. The molecule has 29 heavy (non-hydrogen) atoms. The van der Waals surface area contributed by atoms with E-state index in [1.165, 1.54) is 19.1 Å². The fourth-order valence-electron chi connectivity index (χ4n) is 3.81. The normalized spacial score (nSPS) is 21.0. The van der Waals surface area contributed by atoms with Crippen molar-refractivity contribution in [3.8, 4) is 0 Å². The zero-order valence-electron chi connectivity index (χ0n) is 15.9. The van der Waals surface area contributed by atoms with Gasteiger partial charge in [-0.3, -0.25) is 28.9 Å². The minimum Gasteiger partial charge on any atom is -0.456 e. The van der Waals surface area contributed by atoms with Crippen LogP contribution in [-0.2, 0) is 23.9 Å². The molecule has 1 heterocycles. The Labute approximate surface area is 166 Å². The third-order valence-corrected chi connectivity index (χ3v) is 5.17. The van der Waals surface area contributed by atoms with Crippen molar-refractivity contribution in [2.45, 2.75) is 32.6 Å². The number of hydrogen-bond donors (Lipinski definition) is 1. The van der Waals surface area contributed by atoms with Crippen molar-refractivity contribution in [2.24, 2.45) is 11.8 Å². The number of ketones is 1. The van der Waals surface area contributed by atoms with E-state index in [1.54, 1.807) is 0 Å². The Morgan fingerprint density at radius 1 is 1.14 bits per heavy atom. The molecule has 1 saturated carbocycles. The number of imide groups is 1. The van der Waals surface area contributed by atoms with Crippen molar-refractivity contribution in [3.05, 3.63) is 29.6 Å². The second-order valence-electron chi connectivity index (χ2n) is 7.22. The minimum absolute atomic E-state index is 0.191. The number of nitrogens with one attached hydrogen (secondary N) is 1. The summed E-state index contributed by atoms with van der Waals surface area (Å²) in [5, 5.41) is 2.39. The topological polar surface area (TPSA) is 110 Å². The zero-order valence-corrected chi connectivity index (χ0v) is 15.9. The van der Waals surface area contributed by atoms with Crippen LogP contribution in [0.25, 0.3) is 0 Å². The van der Waals surface area contributed by atoms with Crippen LogP contribution in [0.3, 0.4) is 0 Å². The van der Waals surface area contributed by atoms with Crippen molar-refractivity contribution in [3.63, 3.8) is 0 Å². The zero-order chi connectivity index (χ0) is 21.1. The first-order valence-electron chi connectivity index (χ1n) is 9.39. The van der Waals surface area contributed by atoms with Gasteiger partial charge in [0, 0.05) is 12.6 Å². The summed E-state index contributed by atoms with van der Waals surface area (Å²) in [7, 11) is 0. The second-order valence-corrected chi connectivity index (χ2v) is 7.22. The summed E-state index contributed by atoms with van der Waals surface area (Å²) in [4.78, 5) is 60.7. The van der Waals surface area contributed by atoms with Crippen LogP contribution < -0.4 is 5.32 Å². The summed E-state index contributed by atoms with van der Waals surface area (Å²) < 4.78 is 18.9. The highest BCUT2D eigenvalue weighted by atomic mass is 19.1. The van der Waals surface area contributed by atoms with Gasteiger partial charge in [-0.05, 0) is 31.0 Å². The molecule has 1 aromatic rings. The molecule has 154 valence electrons. The van der Waals surface area contributed by atoms with Gasteiger partial charge in [-0.25, -0.2) is 4.39 Å². The Bertz CT molecular complexity index is 860. The van der Waals surface area contributed by atoms with Crippen LogP contribution in [0.2, 0.25) is 0 Å². The highest BCUT2D eigenvalue weighted by molar-refractivity contribution is 6.07. The molecule has 1 saturated heterocycles. The SMILES string of the molecule is CC(=O)Nc1ccc(C(=O)COC(=O)CN2C(=O)[C@H]3CCCC[C@H]3C2=O)c(F)c1. The summed E-state index contributed by atoms with van der Waals surface area (Å²) in [6, 6.07) is 3.51. The van der Waals surface area contributed by atoms with Crippen LogP contribution in [0, 0.1) is 17.7 Å². The average molecular weight is 404 g/mol. The number of amides is 3. The van der Waals surface area contributed by atoms with Gasteiger partial charge in [0.15, 0.2) is 6.61 Å². The molecule has 3 rings (SSSR count). The number of nitrogens with zero attached hydrogens (tertiary/aromatic N) is 1. The molecule has 3 amide bonds. The lowest BCUT2D eigenvalue weighted by atomic mass is 9.81. The monoisotopic (exact) mass is 404 g/mol. The largest absolute Gasteiger partial charge is 0.456 e. The summed E-state index contributed by atoms with van der Waals surface area (Å²) in [5.41, 5.74) is -0.109. The lowest BCUT2D eigenvalue weighted by Gasteiger charge is -2.19. The molecule has 2 fully saturated rings. The second kappa shape index (κ2) is 8.50. The van der Waals surface area contributed by atoms with E-state index >= 15 is 0 Å². The molecule has 0 radical (unpaired) electrons. The van der Waals surface area contributed by atoms with Crippen molar-refractivity contribution in [2.75, 3.05) is 18.5 Å². The number of carbonyl (C=O) groups excluding carboxylic acids is 5. The molecular weight excluding hydrogens is 383 g/mol. The highest BCUT2D eigenvalue weighted by Crippen LogP contribution is 2.37. The highest BCUT2D eigenvalue weighted by Gasteiger charge is 2.48. The first kappa shape index (κ1) is 20.6. The van der Waals surface area contributed by atoms with Crippen LogP contribution in [0.1, 0.15) is 43.0 Å². The Kier molecular flexibility index (Phi) is 6.05. The van der Waals surface area contributed by atoms with E-state index in [9.17, 15) is 28.4 Å². The Hall–Kier alpha value is -3.10. The number of benzene rings is 1. The Morgan fingerprint density at radius 3 is 2.31 bits per heavy atom. The van der Waals surface area contributed by atoms with Gasteiger partial charge in [-0.1, -0.05) is 12.8 Å². The van der Waals surface area contributed by atoms with E-state index in [1.807, 2.05) is 0 Å². The Balaban J connectivity index is 1.55. The van der Waals surface area contributed by atoms with Crippen molar-refractivity contribution >= 4 is 35.2 Å². The van der Waals surface area contributed by atoms with Gasteiger partial charge < -0.3 is 10.1 Å². The Morgan fingerprint density at radius 2 is 1.76 bits per heavy atom. The van der Waals surface area contributed by atoms with Crippen molar-refractivity contribution in [1.82, 2.24) is 4.90 Å². The number of hydrogen-bond acceptors (Lipinski definition) is 6. The van der Waals surface area contributed by atoms with Gasteiger partial charge in [0.2, 0.25) is 23.5 Å². The van der Waals surface area contributed by atoms with Gasteiger partial charge in [0.25, 0.3) is 0 Å². The van der Waals surface area contributed by atoms with Crippen molar-refractivity contribution < 1.29 is 33.1 Å². The predicted molar refractivity (Wildman–Crippen MR) is 98.2 cm³/mol. The van der Waals surface area contributed by atoms with Crippen LogP contribution in [0.4, 0.5) is 10.1 Å². The molecule has 0 bridgehead atoms. The van der Waals surface area contributed by atoms with Crippen molar-refractivity contribution in [1.29, 1.82) is 0 Å². The molecule has 8 nitrogen and oxygen atoms in total. The van der Waals surface area contributed by atoms with Crippen LogP contribution in [0.5, 0.6) is 0 Å². The summed E-state index contributed by atoms with van der Waals surface area (Å²) >= 11 is 0. The lowest BCUT2D eigenvalue weighted by Crippen LogP contribution is -2.37. The standard InChI is InChI=1S/C20H21FN2O6/c1-11(24)22-12-6-7-15(16(21)8-12)17(25)10-29-18(26)9-23-19(27)13-4-2-3-5-14(13)20(23)28/h6-8,13-14H,2-5,9-10H2,1H3,(H,22,24)/t13-,14+. The average Bonchev–Trinajstić information content (AvgIpc) is 2.91. The molecule has 9 heteroatoms. The fourth-order valence-corrected chi connectivity index (χ4v) is 3.81. The summed E-state index contributed by atoms with van der Waals surface area (Å²) in [6.45, 7) is -0.0125. The van der Waals surface area contributed by atoms with E-state index in [-0.39, 0.29) is 40.8 Å². The number of Topliss-reactive ketones (excluding diaryl/α,β-unsaturated/α-hetero) is 1. The molecule has 2 aliphatic rings. The molecular formula is C20H21FN2O6. The minimum atomic E-state index is -0.908. The van der Waals surface area contributed by atoms with Gasteiger partial charge in [0.05, 0.1) is 17.4 Å². The van der Waals surface area contributed by atoms with E-state index < -0.39 is 30.7 Å². The van der Waals surface area contributed by atoms with E-state index in [0.29, 0.717) is 12.8 Å². The third kappa shape index (κ3) is 4.49. The number of fused-ring (bicyclic) bond motifs is 1. The predicted octanol–water partition coefficient (Wildman–Crippen LogP) is 1.69. The number of likely N-dealkylation sites (tertiary alicyclic amines) is 1.